The van der Waals surface area contributed by atoms with Gasteiger partial charge in [-0.15, -0.1) is 0 Å². The fraction of sp³-hybridized carbons (Fsp3) is 0.0930. The second kappa shape index (κ2) is 13.9. The Balaban J connectivity index is 1.33. The number of rotatable bonds is 6. The van der Waals surface area contributed by atoms with Crippen LogP contribution in [0.5, 0.6) is 40.6 Å². The summed E-state index contributed by atoms with van der Waals surface area (Å²) in [6.07, 6.45) is 7.08. The van der Waals surface area contributed by atoms with Crippen LogP contribution in [0.4, 0.5) is 0 Å². The Morgan fingerprint density at radius 1 is 0.340 bits per heavy atom. The number of para-hydroxylation sites is 4. The smallest absolute Gasteiger partial charge is 0.219 e. The summed E-state index contributed by atoms with van der Waals surface area (Å²) < 4.78 is 19.8. The van der Waals surface area contributed by atoms with Crippen LogP contribution in [0, 0.1) is 0 Å². The van der Waals surface area contributed by atoms with E-state index in [0.29, 0.717) is 54.8 Å². The molecular formula is C43H33N3O4. The van der Waals surface area contributed by atoms with Crippen LogP contribution in [0.25, 0.3) is 0 Å². The summed E-state index contributed by atoms with van der Waals surface area (Å²) in [5, 5.41) is 11.7. The first-order chi connectivity index (χ1) is 24.7. The fourth-order valence-corrected chi connectivity index (χ4v) is 6.43. The molecule has 4 aromatic carbocycles. The van der Waals surface area contributed by atoms with Gasteiger partial charge in [0.05, 0.1) is 0 Å². The van der Waals surface area contributed by atoms with E-state index in [9.17, 15) is 5.11 Å². The second-order valence-electron chi connectivity index (χ2n) is 12.2. The third kappa shape index (κ3) is 6.62. The molecule has 0 fully saturated rings. The summed E-state index contributed by atoms with van der Waals surface area (Å²) >= 11 is 0. The summed E-state index contributed by atoms with van der Waals surface area (Å²) in [5.41, 5.74) is 7.30. The zero-order chi connectivity index (χ0) is 33.7. The molecule has 1 aliphatic rings. The molecule has 3 aromatic heterocycles. The Hall–Kier alpha value is -6.47. The van der Waals surface area contributed by atoms with E-state index >= 15 is 0 Å². The third-order valence-corrected chi connectivity index (χ3v) is 8.79. The SMILES string of the molecule is Oc1c2cccc1Cc1cccc(c1Oc1ccccn1)Cc1cccc(c1Oc1ccccn1)Cc1cccc(c1Oc1ccccn1)C2. The van der Waals surface area contributed by atoms with E-state index in [-0.39, 0.29) is 5.75 Å². The van der Waals surface area contributed by atoms with Gasteiger partial charge >= 0.3 is 0 Å². The lowest BCUT2D eigenvalue weighted by Crippen LogP contribution is -2.05. The van der Waals surface area contributed by atoms with Gasteiger partial charge in [0.25, 0.3) is 0 Å². The summed E-state index contributed by atoms with van der Waals surface area (Å²) in [6, 6.07) is 41.3. The standard InChI is InChI=1S/C43H33N3O4/c47-40-29-11-7-12-30(40)26-32-14-9-16-34(42(32)49-38-20-2-5-23-45-38)28-36-18-10-17-35(43(36)50-39-21-3-6-24-46-39)27-33-15-8-13-31(25-29)41(33)48-37-19-1-4-22-44-37/h1-24,47H,25-28H2. The lowest BCUT2D eigenvalue weighted by Gasteiger charge is -2.21. The lowest BCUT2D eigenvalue weighted by atomic mass is 9.91. The number of phenolic OH excluding ortho intramolecular Hbond substituents is 1. The number of aromatic nitrogens is 3. The van der Waals surface area contributed by atoms with Crippen molar-refractivity contribution in [3.05, 3.63) is 190 Å². The Morgan fingerprint density at radius 3 is 0.900 bits per heavy atom. The molecule has 3 heterocycles. The first-order valence-corrected chi connectivity index (χ1v) is 16.6. The van der Waals surface area contributed by atoms with E-state index < -0.39 is 0 Å². The van der Waals surface area contributed by atoms with Gasteiger partial charge in [-0.25, -0.2) is 15.0 Å². The van der Waals surface area contributed by atoms with E-state index in [1.807, 2.05) is 97.1 Å². The van der Waals surface area contributed by atoms with Gasteiger partial charge in [0, 0.05) is 62.5 Å². The van der Waals surface area contributed by atoms with Crippen molar-refractivity contribution in [1.82, 2.24) is 15.0 Å². The van der Waals surface area contributed by atoms with Gasteiger partial charge in [0.1, 0.15) is 23.0 Å². The van der Waals surface area contributed by atoms with Crippen LogP contribution in [-0.4, -0.2) is 20.1 Å². The third-order valence-electron chi connectivity index (χ3n) is 8.79. The molecular weight excluding hydrogens is 622 g/mol. The minimum atomic E-state index is 0.249. The van der Waals surface area contributed by atoms with Gasteiger partial charge in [0.15, 0.2) is 0 Å². The Labute approximate surface area is 290 Å². The molecule has 1 N–H and O–H groups in total. The molecule has 50 heavy (non-hydrogen) atoms. The number of benzene rings is 4. The van der Waals surface area contributed by atoms with Crippen molar-refractivity contribution >= 4 is 0 Å². The van der Waals surface area contributed by atoms with Crippen LogP contribution in [0.3, 0.4) is 0 Å². The fourth-order valence-electron chi connectivity index (χ4n) is 6.43. The molecule has 7 heteroatoms. The first-order valence-electron chi connectivity index (χ1n) is 16.6. The van der Waals surface area contributed by atoms with E-state index in [1.165, 1.54) is 0 Å². The summed E-state index contributed by atoms with van der Waals surface area (Å²) in [6.45, 7) is 0. The minimum Gasteiger partial charge on any atom is -0.507 e. The van der Waals surface area contributed by atoms with Crippen molar-refractivity contribution in [2.24, 2.45) is 0 Å². The second-order valence-corrected chi connectivity index (χ2v) is 12.2. The highest BCUT2D eigenvalue weighted by Crippen LogP contribution is 2.40. The molecule has 7 aromatic rings. The highest BCUT2D eigenvalue weighted by Gasteiger charge is 2.22. The minimum absolute atomic E-state index is 0.249. The van der Waals surface area contributed by atoms with Crippen LogP contribution < -0.4 is 14.2 Å². The van der Waals surface area contributed by atoms with Gasteiger partial charge in [0.2, 0.25) is 17.6 Å². The van der Waals surface area contributed by atoms with E-state index in [1.54, 1.807) is 18.6 Å². The maximum Gasteiger partial charge on any atom is 0.219 e. The first kappa shape index (κ1) is 30.8. The molecule has 0 radical (unpaired) electrons. The van der Waals surface area contributed by atoms with Crippen LogP contribution in [0.2, 0.25) is 0 Å². The number of hydrogen-bond donors (Lipinski definition) is 1. The Morgan fingerprint density at radius 2 is 0.620 bits per heavy atom. The Bertz CT molecular complexity index is 2130. The van der Waals surface area contributed by atoms with Crippen molar-refractivity contribution in [2.45, 2.75) is 25.7 Å². The highest BCUT2D eigenvalue weighted by molar-refractivity contribution is 5.56. The van der Waals surface area contributed by atoms with E-state index in [0.717, 1.165) is 50.3 Å². The van der Waals surface area contributed by atoms with Gasteiger partial charge in [-0.1, -0.05) is 91.0 Å². The predicted molar refractivity (Wildman–Crippen MR) is 192 cm³/mol. The number of ether oxygens (including phenoxy) is 3. The number of aromatic hydroxyl groups is 1. The monoisotopic (exact) mass is 655 g/mol. The molecule has 0 aliphatic heterocycles. The van der Waals surface area contributed by atoms with Crippen molar-refractivity contribution in [3.8, 4) is 40.6 Å². The molecule has 0 amide bonds. The van der Waals surface area contributed by atoms with Gasteiger partial charge in [-0.3, -0.25) is 0 Å². The molecule has 8 bridgehead atoms. The van der Waals surface area contributed by atoms with Crippen molar-refractivity contribution in [2.75, 3.05) is 0 Å². The van der Waals surface area contributed by atoms with Gasteiger partial charge < -0.3 is 19.3 Å². The lowest BCUT2D eigenvalue weighted by molar-refractivity contribution is 0.443. The molecule has 0 unspecified atom stereocenters. The summed E-state index contributed by atoms with van der Waals surface area (Å²) in [4.78, 5) is 13.4. The molecule has 244 valence electrons. The molecule has 0 saturated carbocycles. The molecule has 7 nitrogen and oxygen atoms in total. The quantitative estimate of drug-likeness (QED) is 0.191. The largest absolute Gasteiger partial charge is 0.507 e. The Kier molecular flexibility index (Phi) is 8.60. The van der Waals surface area contributed by atoms with Crippen molar-refractivity contribution < 1.29 is 19.3 Å². The van der Waals surface area contributed by atoms with E-state index in [2.05, 4.69) is 45.3 Å². The predicted octanol–water partition coefficient (Wildman–Crippen LogP) is 9.63. The van der Waals surface area contributed by atoms with Gasteiger partial charge in [-0.05, 0) is 62.7 Å². The number of pyridine rings is 3. The maximum absolute atomic E-state index is 11.7. The van der Waals surface area contributed by atoms with Crippen LogP contribution in [0.15, 0.2) is 146 Å². The van der Waals surface area contributed by atoms with E-state index in [4.69, 9.17) is 14.2 Å². The number of fused-ring (bicyclic) bond motifs is 8. The highest BCUT2D eigenvalue weighted by atomic mass is 16.5. The topological polar surface area (TPSA) is 86.6 Å². The molecule has 0 spiro atoms. The molecule has 0 atom stereocenters. The summed E-state index contributed by atoms with van der Waals surface area (Å²) in [7, 11) is 0. The number of phenols is 1. The molecule has 8 rings (SSSR count). The van der Waals surface area contributed by atoms with Crippen molar-refractivity contribution in [3.63, 3.8) is 0 Å². The number of hydrogen-bond acceptors (Lipinski definition) is 7. The zero-order valence-corrected chi connectivity index (χ0v) is 27.2. The normalized spacial score (nSPS) is 12.2. The van der Waals surface area contributed by atoms with Crippen LogP contribution >= 0.6 is 0 Å². The average molecular weight is 656 g/mol. The van der Waals surface area contributed by atoms with Crippen LogP contribution in [0.1, 0.15) is 44.5 Å². The zero-order valence-electron chi connectivity index (χ0n) is 27.2. The molecule has 1 aliphatic carbocycles. The summed E-state index contributed by atoms with van der Waals surface area (Å²) in [5.74, 6) is 3.87. The van der Waals surface area contributed by atoms with Crippen molar-refractivity contribution in [1.29, 1.82) is 0 Å². The van der Waals surface area contributed by atoms with Gasteiger partial charge in [-0.2, -0.15) is 0 Å². The average Bonchev–Trinajstić information content (AvgIpc) is 3.14. The van der Waals surface area contributed by atoms with Crippen LogP contribution in [-0.2, 0) is 25.7 Å². The maximum atomic E-state index is 11.7. The molecule has 0 saturated heterocycles. The number of nitrogens with zero attached hydrogens (tertiary/aromatic N) is 3.